The van der Waals surface area contributed by atoms with E-state index < -0.39 is 5.97 Å². The standard InChI is InChI=1S/C23H21FN2O3/c1-2-3-16-28-21-12-4-17(5-13-21)23(27)29-22-14-10-20(11-15-22)26-25-19-8-6-18(24)7-9-19/h4-15H,2-3,16H2,1H3. The molecule has 0 radical (unpaired) electrons. The Morgan fingerprint density at radius 3 is 1.97 bits per heavy atom. The molecule has 6 heteroatoms. The van der Waals surface area contributed by atoms with Crippen LogP contribution in [-0.2, 0) is 0 Å². The first kappa shape index (κ1) is 20.2. The van der Waals surface area contributed by atoms with E-state index in [0.29, 0.717) is 29.3 Å². The summed E-state index contributed by atoms with van der Waals surface area (Å²) in [6, 6.07) is 19.2. The average molecular weight is 392 g/mol. The Kier molecular flexibility index (Phi) is 7.05. The monoisotopic (exact) mass is 392 g/mol. The van der Waals surface area contributed by atoms with Gasteiger partial charge >= 0.3 is 5.97 Å². The first-order chi connectivity index (χ1) is 14.1. The quantitative estimate of drug-likeness (QED) is 0.187. The number of carbonyl (C=O) groups excluding carboxylic acids is 1. The topological polar surface area (TPSA) is 60.2 Å². The van der Waals surface area contributed by atoms with Gasteiger partial charge in [-0.2, -0.15) is 10.2 Å². The van der Waals surface area contributed by atoms with Crippen molar-refractivity contribution in [3.8, 4) is 11.5 Å². The van der Waals surface area contributed by atoms with Gasteiger partial charge in [0.15, 0.2) is 0 Å². The average Bonchev–Trinajstić information content (AvgIpc) is 2.75. The van der Waals surface area contributed by atoms with Gasteiger partial charge in [-0.25, -0.2) is 9.18 Å². The largest absolute Gasteiger partial charge is 0.494 e. The van der Waals surface area contributed by atoms with E-state index in [1.807, 2.05) is 0 Å². The molecule has 0 spiro atoms. The minimum absolute atomic E-state index is 0.325. The van der Waals surface area contributed by atoms with Crippen molar-refractivity contribution >= 4 is 17.3 Å². The molecule has 0 aliphatic rings. The smallest absolute Gasteiger partial charge is 0.343 e. The van der Waals surface area contributed by atoms with Gasteiger partial charge < -0.3 is 9.47 Å². The lowest BCUT2D eigenvalue weighted by Crippen LogP contribution is -2.08. The van der Waals surface area contributed by atoms with Crippen molar-refractivity contribution in [1.29, 1.82) is 0 Å². The third-order valence-electron chi connectivity index (χ3n) is 4.01. The predicted molar refractivity (Wildman–Crippen MR) is 109 cm³/mol. The maximum atomic E-state index is 12.9. The number of benzene rings is 3. The Morgan fingerprint density at radius 1 is 0.828 bits per heavy atom. The van der Waals surface area contributed by atoms with Crippen LogP contribution in [-0.4, -0.2) is 12.6 Å². The Hall–Kier alpha value is -3.54. The first-order valence-corrected chi connectivity index (χ1v) is 9.36. The highest BCUT2D eigenvalue weighted by Gasteiger charge is 2.09. The zero-order chi connectivity index (χ0) is 20.5. The fourth-order valence-corrected chi connectivity index (χ4v) is 2.39. The number of hydrogen-bond donors (Lipinski definition) is 0. The first-order valence-electron chi connectivity index (χ1n) is 9.36. The molecule has 0 aromatic heterocycles. The minimum Gasteiger partial charge on any atom is -0.494 e. The number of halogens is 1. The maximum Gasteiger partial charge on any atom is 0.343 e. The van der Waals surface area contributed by atoms with Gasteiger partial charge in [0.2, 0.25) is 0 Å². The lowest BCUT2D eigenvalue weighted by Gasteiger charge is -2.07. The number of nitrogens with zero attached hydrogens (tertiary/aromatic N) is 2. The molecule has 0 saturated carbocycles. The predicted octanol–water partition coefficient (Wildman–Crippen LogP) is 6.64. The SMILES string of the molecule is CCCCOc1ccc(C(=O)Oc2ccc(N=Nc3ccc(F)cc3)cc2)cc1. The van der Waals surface area contributed by atoms with Crippen LogP contribution in [0.15, 0.2) is 83.0 Å². The molecule has 0 fully saturated rings. The van der Waals surface area contributed by atoms with Crippen molar-refractivity contribution in [2.75, 3.05) is 6.61 Å². The molecule has 5 nitrogen and oxygen atoms in total. The molecule has 0 saturated heterocycles. The van der Waals surface area contributed by atoms with Gasteiger partial charge in [0.05, 0.1) is 23.5 Å². The maximum absolute atomic E-state index is 12.9. The summed E-state index contributed by atoms with van der Waals surface area (Å²) in [7, 11) is 0. The Morgan fingerprint density at radius 2 is 1.38 bits per heavy atom. The zero-order valence-electron chi connectivity index (χ0n) is 16.0. The van der Waals surface area contributed by atoms with Crippen molar-refractivity contribution in [2.45, 2.75) is 19.8 Å². The van der Waals surface area contributed by atoms with Crippen LogP contribution in [0.1, 0.15) is 30.1 Å². The fourth-order valence-electron chi connectivity index (χ4n) is 2.39. The van der Waals surface area contributed by atoms with E-state index in [0.717, 1.165) is 18.6 Å². The van der Waals surface area contributed by atoms with Crippen LogP contribution in [0, 0.1) is 5.82 Å². The molecule has 0 unspecified atom stereocenters. The van der Waals surface area contributed by atoms with Crippen molar-refractivity contribution in [2.24, 2.45) is 10.2 Å². The van der Waals surface area contributed by atoms with Gasteiger partial charge in [0, 0.05) is 0 Å². The second-order valence-corrected chi connectivity index (χ2v) is 6.29. The molecule has 0 amide bonds. The number of hydrogen-bond acceptors (Lipinski definition) is 5. The lowest BCUT2D eigenvalue weighted by atomic mass is 10.2. The Labute approximate surface area is 168 Å². The van der Waals surface area contributed by atoms with Gasteiger partial charge in [0.1, 0.15) is 17.3 Å². The summed E-state index contributed by atoms with van der Waals surface area (Å²) in [4.78, 5) is 12.3. The summed E-state index contributed by atoms with van der Waals surface area (Å²) in [5.41, 5.74) is 1.57. The van der Waals surface area contributed by atoms with Gasteiger partial charge in [0.25, 0.3) is 0 Å². The van der Waals surface area contributed by atoms with E-state index in [-0.39, 0.29) is 5.82 Å². The van der Waals surface area contributed by atoms with Crippen LogP contribution in [0.5, 0.6) is 11.5 Å². The molecule has 3 aromatic carbocycles. The van der Waals surface area contributed by atoms with Gasteiger partial charge in [-0.1, -0.05) is 13.3 Å². The fraction of sp³-hybridized carbons (Fsp3) is 0.174. The minimum atomic E-state index is -0.453. The molecule has 0 atom stereocenters. The van der Waals surface area contributed by atoms with Crippen molar-refractivity contribution in [3.05, 3.63) is 84.2 Å². The van der Waals surface area contributed by atoms with E-state index in [1.54, 1.807) is 48.5 Å². The summed E-state index contributed by atoms with van der Waals surface area (Å²) in [5, 5.41) is 8.10. The molecule has 0 bridgehead atoms. The molecule has 29 heavy (non-hydrogen) atoms. The number of esters is 1. The number of rotatable bonds is 8. The molecule has 3 aromatic rings. The highest BCUT2D eigenvalue weighted by Crippen LogP contribution is 2.22. The van der Waals surface area contributed by atoms with Gasteiger partial charge in [-0.15, -0.1) is 0 Å². The lowest BCUT2D eigenvalue weighted by molar-refractivity contribution is 0.0734. The number of unbranched alkanes of at least 4 members (excludes halogenated alkanes) is 1. The van der Waals surface area contributed by atoms with Gasteiger partial charge in [-0.3, -0.25) is 0 Å². The van der Waals surface area contributed by atoms with Crippen LogP contribution in [0.3, 0.4) is 0 Å². The number of ether oxygens (including phenoxy) is 2. The summed E-state index contributed by atoms with van der Waals surface area (Å²) >= 11 is 0. The van der Waals surface area contributed by atoms with Gasteiger partial charge in [-0.05, 0) is 79.2 Å². The highest BCUT2D eigenvalue weighted by molar-refractivity contribution is 5.91. The Bertz CT molecular complexity index is 953. The van der Waals surface area contributed by atoms with E-state index in [4.69, 9.17) is 9.47 Å². The van der Waals surface area contributed by atoms with Crippen LogP contribution in [0.2, 0.25) is 0 Å². The van der Waals surface area contributed by atoms with E-state index in [9.17, 15) is 9.18 Å². The zero-order valence-corrected chi connectivity index (χ0v) is 16.0. The molecule has 0 aliphatic heterocycles. The Balaban J connectivity index is 1.56. The molecule has 0 aliphatic carbocycles. The molecular weight excluding hydrogens is 371 g/mol. The normalized spacial score (nSPS) is 10.8. The number of carbonyl (C=O) groups is 1. The molecular formula is C23H21FN2O3. The van der Waals surface area contributed by atoms with E-state index in [1.165, 1.54) is 24.3 Å². The molecule has 0 N–H and O–H groups in total. The summed E-state index contributed by atoms with van der Waals surface area (Å²) in [5.74, 6) is 0.351. The second kappa shape index (κ2) is 10.1. The summed E-state index contributed by atoms with van der Waals surface area (Å²) in [6.07, 6.45) is 2.06. The molecule has 0 heterocycles. The number of azo groups is 1. The molecule has 148 valence electrons. The van der Waals surface area contributed by atoms with Crippen molar-refractivity contribution in [3.63, 3.8) is 0 Å². The highest BCUT2D eigenvalue weighted by atomic mass is 19.1. The molecule has 3 rings (SSSR count). The van der Waals surface area contributed by atoms with Crippen LogP contribution in [0.25, 0.3) is 0 Å². The summed E-state index contributed by atoms with van der Waals surface area (Å²) < 4.78 is 23.8. The van der Waals surface area contributed by atoms with Crippen LogP contribution in [0.4, 0.5) is 15.8 Å². The third kappa shape index (κ3) is 6.24. The van der Waals surface area contributed by atoms with E-state index >= 15 is 0 Å². The summed E-state index contributed by atoms with van der Waals surface area (Å²) in [6.45, 7) is 2.76. The van der Waals surface area contributed by atoms with Crippen LogP contribution < -0.4 is 9.47 Å². The van der Waals surface area contributed by atoms with E-state index in [2.05, 4.69) is 17.2 Å². The third-order valence-corrected chi connectivity index (χ3v) is 4.01. The van der Waals surface area contributed by atoms with Crippen molar-refractivity contribution < 1.29 is 18.7 Å². The van der Waals surface area contributed by atoms with Crippen LogP contribution >= 0.6 is 0 Å². The second-order valence-electron chi connectivity index (χ2n) is 6.29. The van der Waals surface area contributed by atoms with Crippen molar-refractivity contribution in [1.82, 2.24) is 0 Å².